The molecule has 4 nitrogen and oxygen atoms in total. The Morgan fingerprint density at radius 1 is 1.31 bits per heavy atom. The van der Waals surface area contributed by atoms with Gasteiger partial charge in [0, 0.05) is 12.2 Å². The third-order valence-corrected chi connectivity index (χ3v) is 2.92. The molecule has 0 bridgehead atoms. The average molecular weight is 214 g/mol. The Hall–Kier alpha value is -1.84. The molecular formula is C12H14N4. The van der Waals surface area contributed by atoms with Gasteiger partial charge in [-0.3, -0.25) is 0 Å². The number of fused-ring (bicyclic) bond motifs is 1. The molecule has 2 aromatic rings. The van der Waals surface area contributed by atoms with Gasteiger partial charge in [0.15, 0.2) is 0 Å². The number of aryl methyl sites for hydroxylation is 2. The maximum atomic E-state index is 4.39. The highest BCUT2D eigenvalue weighted by atomic mass is 15.3. The van der Waals surface area contributed by atoms with Crippen molar-refractivity contribution < 1.29 is 0 Å². The van der Waals surface area contributed by atoms with Gasteiger partial charge in [0.2, 0.25) is 0 Å². The Balaban J connectivity index is 2.10. The van der Waals surface area contributed by atoms with Crippen LogP contribution in [0.15, 0.2) is 18.2 Å². The molecule has 2 heterocycles. The van der Waals surface area contributed by atoms with Crippen molar-refractivity contribution in [3.8, 4) is 5.69 Å². The Morgan fingerprint density at radius 2 is 2.19 bits per heavy atom. The van der Waals surface area contributed by atoms with Crippen molar-refractivity contribution in [2.75, 3.05) is 11.9 Å². The van der Waals surface area contributed by atoms with E-state index in [1.54, 1.807) is 0 Å². The first-order valence-corrected chi connectivity index (χ1v) is 5.51. The van der Waals surface area contributed by atoms with Crippen molar-refractivity contribution in [1.82, 2.24) is 14.8 Å². The molecule has 0 fully saturated rings. The zero-order valence-electron chi connectivity index (χ0n) is 9.49. The molecule has 0 radical (unpaired) electrons. The van der Waals surface area contributed by atoms with Crippen molar-refractivity contribution in [3.63, 3.8) is 0 Å². The van der Waals surface area contributed by atoms with Crippen LogP contribution in [-0.4, -0.2) is 21.3 Å². The summed E-state index contributed by atoms with van der Waals surface area (Å²) in [5, 5.41) is 7.74. The summed E-state index contributed by atoms with van der Waals surface area (Å²) in [7, 11) is 0. The van der Waals surface area contributed by atoms with Gasteiger partial charge >= 0.3 is 0 Å². The van der Waals surface area contributed by atoms with E-state index >= 15 is 0 Å². The molecule has 0 unspecified atom stereocenters. The number of anilines is 1. The number of rotatable bonds is 1. The first-order valence-electron chi connectivity index (χ1n) is 5.51. The van der Waals surface area contributed by atoms with E-state index in [2.05, 4.69) is 33.6 Å². The minimum Gasteiger partial charge on any atom is -0.384 e. The third-order valence-electron chi connectivity index (χ3n) is 2.92. The molecule has 0 amide bonds. The maximum Gasteiger partial charge on any atom is 0.148 e. The van der Waals surface area contributed by atoms with E-state index < -0.39 is 0 Å². The van der Waals surface area contributed by atoms with Gasteiger partial charge in [-0.2, -0.15) is 5.10 Å². The minimum atomic E-state index is 0.816. The molecule has 1 aromatic carbocycles. The number of hydrogen-bond donors (Lipinski definition) is 1. The van der Waals surface area contributed by atoms with Crippen molar-refractivity contribution in [3.05, 3.63) is 35.4 Å². The lowest BCUT2D eigenvalue weighted by molar-refractivity contribution is 0.830. The van der Waals surface area contributed by atoms with Crippen LogP contribution < -0.4 is 5.32 Å². The summed E-state index contributed by atoms with van der Waals surface area (Å²) in [6.45, 7) is 4.93. The lowest BCUT2D eigenvalue weighted by Gasteiger charge is -2.05. The summed E-state index contributed by atoms with van der Waals surface area (Å²) in [6, 6.07) is 6.39. The van der Waals surface area contributed by atoms with Crippen molar-refractivity contribution >= 4 is 5.69 Å². The molecule has 4 heteroatoms. The number of hydrogen-bond acceptors (Lipinski definition) is 3. The largest absolute Gasteiger partial charge is 0.384 e. The molecule has 0 spiro atoms. The van der Waals surface area contributed by atoms with Gasteiger partial charge in [-0.1, -0.05) is 0 Å². The molecule has 0 saturated carbocycles. The first-order chi connectivity index (χ1) is 7.74. The van der Waals surface area contributed by atoms with Crippen LogP contribution in [0, 0.1) is 13.8 Å². The van der Waals surface area contributed by atoms with Crippen LogP contribution in [0.25, 0.3) is 5.69 Å². The van der Waals surface area contributed by atoms with Crippen molar-refractivity contribution in [1.29, 1.82) is 0 Å². The Kier molecular flexibility index (Phi) is 1.96. The summed E-state index contributed by atoms with van der Waals surface area (Å²) in [5.41, 5.74) is 3.71. The van der Waals surface area contributed by atoms with Gasteiger partial charge in [0.25, 0.3) is 0 Å². The number of aromatic nitrogens is 3. The second-order valence-electron chi connectivity index (χ2n) is 4.14. The number of benzene rings is 1. The van der Waals surface area contributed by atoms with Gasteiger partial charge in [0.05, 0.1) is 5.69 Å². The summed E-state index contributed by atoms with van der Waals surface area (Å²) in [4.78, 5) is 4.32. The van der Waals surface area contributed by atoms with Crippen LogP contribution in [0.3, 0.4) is 0 Å². The molecular weight excluding hydrogens is 200 g/mol. The zero-order chi connectivity index (χ0) is 11.1. The Morgan fingerprint density at radius 3 is 2.94 bits per heavy atom. The van der Waals surface area contributed by atoms with Crippen LogP contribution in [0.4, 0.5) is 5.69 Å². The van der Waals surface area contributed by atoms with Gasteiger partial charge in [0.1, 0.15) is 11.6 Å². The highest BCUT2D eigenvalue weighted by Gasteiger charge is 2.12. The molecule has 0 saturated heterocycles. The molecule has 1 aliphatic rings. The standard InChI is InChI=1S/C12H14N4/c1-8-14-9(2)16(15-8)11-3-4-12-10(7-11)5-6-13-12/h3-4,7,13H,5-6H2,1-2H3. The van der Waals surface area contributed by atoms with E-state index in [0.29, 0.717) is 0 Å². The molecule has 1 aliphatic heterocycles. The monoisotopic (exact) mass is 214 g/mol. The molecule has 1 aromatic heterocycles. The number of nitrogens with zero attached hydrogens (tertiary/aromatic N) is 3. The van der Waals surface area contributed by atoms with Gasteiger partial charge in [-0.25, -0.2) is 9.67 Å². The van der Waals surface area contributed by atoms with Crippen LogP contribution in [0.5, 0.6) is 0 Å². The second kappa shape index (κ2) is 3.33. The lowest BCUT2D eigenvalue weighted by Crippen LogP contribution is -1.99. The fourth-order valence-electron chi connectivity index (χ4n) is 2.19. The molecule has 0 atom stereocenters. The quantitative estimate of drug-likeness (QED) is 0.787. The van der Waals surface area contributed by atoms with Crippen LogP contribution in [-0.2, 0) is 6.42 Å². The van der Waals surface area contributed by atoms with Crippen LogP contribution in [0.1, 0.15) is 17.2 Å². The summed E-state index contributed by atoms with van der Waals surface area (Å²) < 4.78 is 1.90. The summed E-state index contributed by atoms with van der Waals surface area (Å²) in [6.07, 6.45) is 1.09. The highest BCUT2D eigenvalue weighted by molar-refractivity contribution is 5.59. The smallest absolute Gasteiger partial charge is 0.148 e. The van der Waals surface area contributed by atoms with Gasteiger partial charge in [-0.15, -0.1) is 0 Å². The average Bonchev–Trinajstić information content (AvgIpc) is 2.83. The second-order valence-corrected chi connectivity index (χ2v) is 4.14. The van der Waals surface area contributed by atoms with E-state index in [-0.39, 0.29) is 0 Å². The third kappa shape index (κ3) is 1.38. The molecule has 82 valence electrons. The fraction of sp³-hybridized carbons (Fsp3) is 0.333. The summed E-state index contributed by atoms with van der Waals surface area (Å²) in [5.74, 6) is 1.75. The van der Waals surface area contributed by atoms with E-state index in [4.69, 9.17) is 0 Å². The Bertz CT molecular complexity index is 542. The lowest BCUT2D eigenvalue weighted by atomic mass is 10.1. The van der Waals surface area contributed by atoms with Crippen LogP contribution in [0.2, 0.25) is 0 Å². The highest BCUT2D eigenvalue weighted by Crippen LogP contribution is 2.24. The molecule has 1 N–H and O–H groups in total. The predicted octanol–water partition coefficient (Wildman–Crippen LogP) is 1.85. The van der Waals surface area contributed by atoms with Gasteiger partial charge in [-0.05, 0) is 44.0 Å². The van der Waals surface area contributed by atoms with Crippen molar-refractivity contribution in [2.24, 2.45) is 0 Å². The zero-order valence-corrected chi connectivity index (χ0v) is 9.49. The van der Waals surface area contributed by atoms with E-state index in [1.165, 1.54) is 11.3 Å². The van der Waals surface area contributed by atoms with Crippen molar-refractivity contribution in [2.45, 2.75) is 20.3 Å². The SMILES string of the molecule is Cc1nc(C)n(-c2ccc3c(c2)CCN3)n1. The van der Waals surface area contributed by atoms with Gasteiger partial charge < -0.3 is 5.32 Å². The van der Waals surface area contributed by atoms with E-state index in [1.807, 2.05) is 18.5 Å². The fourth-order valence-corrected chi connectivity index (χ4v) is 2.19. The van der Waals surface area contributed by atoms with Crippen LogP contribution >= 0.6 is 0 Å². The first kappa shape index (κ1) is 9.39. The molecule has 3 rings (SSSR count). The Labute approximate surface area is 94.3 Å². The maximum absolute atomic E-state index is 4.39. The summed E-state index contributed by atoms with van der Waals surface area (Å²) >= 11 is 0. The van der Waals surface area contributed by atoms with E-state index in [0.717, 1.165) is 30.3 Å². The minimum absolute atomic E-state index is 0.816. The molecule has 16 heavy (non-hydrogen) atoms. The number of nitrogens with one attached hydrogen (secondary N) is 1. The predicted molar refractivity (Wildman–Crippen MR) is 63.0 cm³/mol. The van der Waals surface area contributed by atoms with E-state index in [9.17, 15) is 0 Å². The topological polar surface area (TPSA) is 42.7 Å². The normalized spacial score (nSPS) is 13.6. The molecule has 0 aliphatic carbocycles.